The number of piperidine rings is 1. The van der Waals surface area contributed by atoms with Crippen LogP contribution in [0.3, 0.4) is 0 Å². The van der Waals surface area contributed by atoms with E-state index in [0.29, 0.717) is 31.1 Å². The number of aliphatic hydroxyl groups is 1. The van der Waals surface area contributed by atoms with Gasteiger partial charge in [-0.2, -0.15) is 0 Å². The molecule has 0 amide bonds. The first-order valence-corrected chi connectivity index (χ1v) is 7.76. The summed E-state index contributed by atoms with van der Waals surface area (Å²) in [5.74, 6) is 0.119. The lowest BCUT2D eigenvalue weighted by Crippen LogP contribution is -2.56. The fraction of sp³-hybridized carbons (Fsp3) is 0.688. The van der Waals surface area contributed by atoms with Gasteiger partial charge in [-0.15, -0.1) is 0 Å². The number of halogens is 1. The second-order valence-electron chi connectivity index (χ2n) is 6.30. The van der Waals surface area contributed by atoms with E-state index in [4.69, 9.17) is 4.74 Å². The first kappa shape index (κ1) is 14.7. The molecule has 0 saturated carbocycles. The molecule has 0 aliphatic carbocycles. The largest absolute Gasteiger partial charge is 0.389 e. The Balaban J connectivity index is 1.73. The third kappa shape index (κ3) is 2.77. The van der Waals surface area contributed by atoms with E-state index in [1.165, 1.54) is 6.20 Å². The SMILES string of the molecule is C[C@@H]1CN(c2ccncc2F)CC[C@@]1(O)C1CCOCC1. The van der Waals surface area contributed by atoms with Crippen molar-refractivity contribution in [3.05, 3.63) is 24.3 Å². The Kier molecular flexibility index (Phi) is 4.13. The van der Waals surface area contributed by atoms with Crippen LogP contribution in [0.25, 0.3) is 0 Å². The van der Waals surface area contributed by atoms with Gasteiger partial charge in [-0.1, -0.05) is 6.92 Å². The second-order valence-corrected chi connectivity index (χ2v) is 6.30. The molecule has 0 radical (unpaired) electrons. The Bertz CT molecular complexity index is 493. The summed E-state index contributed by atoms with van der Waals surface area (Å²) in [4.78, 5) is 5.82. The van der Waals surface area contributed by atoms with Crippen molar-refractivity contribution in [3.8, 4) is 0 Å². The van der Waals surface area contributed by atoms with Gasteiger partial charge in [0.15, 0.2) is 5.82 Å². The Labute approximate surface area is 124 Å². The topological polar surface area (TPSA) is 45.6 Å². The van der Waals surface area contributed by atoms with Gasteiger partial charge in [-0.05, 0) is 31.2 Å². The van der Waals surface area contributed by atoms with E-state index < -0.39 is 5.60 Å². The molecule has 5 heteroatoms. The minimum Gasteiger partial charge on any atom is -0.389 e. The van der Waals surface area contributed by atoms with Crippen LogP contribution in [0.15, 0.2) is 18.5 Å². The van der Waals surface area contributed by atoms with Crippen molar-refractivity contribution in [2.24, 2.45) is 11.8 Å². The summed E-state index contributed by atoms with van der Waals surface area (Å²) in [6.07, 6.45) is 5.39. The highest BCUT2D eigenvalue weighted by atomic mass is 19.1. The van der Waals surface area contributed by atoms with E-state index in [0.717, 1.165) is 26.1 Å². The van der Waals surface area contributed by atoms with Crippen molar-refractivity contribution in [1.29, 1.82) is 0 Å². The molecule has 4 nitrogen and oxygen atoms in total. The zero-order valence-electron chi connectivity index (χ0n) is 12.5. The van der Waals surface area contributed by atoms with Crippen LogP contribution in [0.1, 0.15) is 26.2 Å². The molecule has 0 aromatic carbocycles. The maximum absolute atomic E-state index is 13.9. The standard InChI is InChI=1S/C16H23FN2O2/c1-12-11-19(15-2-6-18-10-14(15)17)7-5-16(12,20)13-3-8-21-9-4-13/h2,6,10,12-13,20H,3-5,7-9,11H2,1H3/t12-,16+/m1/s1. The summed E-state index contributed by atoms with van der Waals surface area (Å²) >= 11 is 0. The molecule has 1 aromatic heterocycles. The lowest BCUT2D eigenvalue weighted by atomic mass is 9.70. The number of nitrogens with zero attached hydrogens (tertiary/aromatic N) is 2. The summed E-state index contributed by atoms with van der Waals surface area (Å²) in [7, 11) is 0. The zero-order valence-corrected chi connectivity index (χ0v) is 12.5. The summed E-state index contributed by atoms with van der Waals surface area (Å²) in [6.45, 7) is 4.90. The van der Waals surface area contributed by atoms with Crippen molar-refractivity contribution in [2.45, 2.75) is 31.8 Å². The van der Waals surface area contributed by atoms with Crippen LogP contribution in [0, 0.1) is 17.7 Å². The number of anilines is 1. The van der Waals surface area contributed by atoms with Crippen LogP contribution in [0.4, 0.5) is 10.1 Å². The molecule has 0 unspecified atom stereocenters. The summed E-state index contributed by atoms with van der Waals surface area (Å²) in [5, 5.41) is 11.1. The number of rotatable bonds is 2. The number of pyridine rings is 1. The maximum Gasteiger partial charge on any atom is 0.164 e. The molecule has 2 fully saturated rings. The van der Waals surface area contributed by atoms with E-state index in [9.17, 15) is 9.50 Å². The van der Waals surface area contributed by atoms with Gasteiger partial charge in [0.2, 0.25) is 0 Å². The van der Waals surface area contributed by atoms with Gasteiger partial charge in [-0.25, -0.2) is 4.39 Å². The lowest BCUT2D eigenvalue weighted by Gasteiger charge is -2.49. The highest BCUT2D eigenvalue weighted by molar-refractivity contribution is 5.47. The van der Waals surface area contributed by atoms with Gasteiger partial charge in [-0.3, -0.25) is 4.98 Å². The Morgan fingerprint density at radius 2 is 2.19 bits per heavy atom. The number of hydrogen-bond donors (Lipinski definition) is 1. The lowest BCUT2D eigenvalue weighted by molar-refractivity contribution is -0.108. The summed E-state index contributed by atoms with van der Waals surface area (Å²) in [5.41, 5.74) is -0.0602. The average Bonchev–Trinajstić information content (AvgIpc) is 2.52. The molecule has 3 heterocycles. The van der Waals surface area contributed by atoms with Gasteiger partial charge in [0.25, 0.3) is 0 Å². The monoisotopic (exact) mass is 294 g/mol. The molecule has 0 spiro atoms. The Morgan fingerprint density at radius 3 is 2.86 bits per heavy atom. The van der Waals surface area contributed by atoms with Gasteiger partial charge >= 0.3 is 0 Å². The number of aromatic nitrogens is 1. The van der Waals surface area contributed by atoms with Crippen LogP contribution < -0.4 is 4.90 Å². The third-order valence-electron chi connectivity index (χ3n) is 5.15. The minimum atomic E-state index is -0.649. The molecule has 2 atom stereocenters. The molecule has 2 saturated heterocycles. The van der Waals surface area contributed by atoms with Crippen molar-refractivity contribution in [3.63, 3.8) is 0 Å². The fourth-order valence-corrected chi connectivity index (χ4v) is 3.79. The molecular weight excluding hydrogens is 271 g/mol. The molecule has 116 valence electrons. The number of ether oxygens (including phenoxy) is 1. The normalized spacial score (nSPS) is 31.4. The quantitative estimate of drug-likeness (QED) is 0.908. The Hall–Kier alpha value is -1.20. The first-order chi connectivity index (χ1) is 10.1. The highest BCUT2D eigenvalue weighted by Gasteiger charge is 2.45. The minimum absolute atomic E-state index is 0.113. The molecule has 2 aliphatic rings. The van der Waals surface area contributed by atoms with Crippen molar-refractivity contribution in [1.82, 2.24) is 4.98 Å². The van der Waals surface area contributed by atoms with Crippen LogP contribution in [0.2, 0.25) is 0 Å². The summed E-state index contributed by atoms with van der Waals surface area (Å²) < 4.78 is 19.3. The van der Waals surface area contributed by atoms with E-state index in [-0.39, 0.29) is 11.7 Å². The fourth-order valence-electron chi connectivity index (χ4n) is 3.79. The van der Waals surface area contributed by atoms with Gasteiger partial charge in [0, 0.05) is 38.4 Å². The van der Waals surface area contributed by atoms with Gasteiger partial charge in [0.05, 0.1) is 17.5 Å². The van der Waals surface area contributed by atoms with E-state index in [2.05, 4.69) is 11.9 Å². The van der Waals surface area contributed by atoms with Crippen LogP contribution >= 0.6 is 0 Å². The molecule has 21 heavy (non-hydrogen) atoms. The maximum atomic E-state index is 13.9. The zero-order chi connectivity index (χ0) is 14.9. The van der Waals surface area contributed by atoms with Crippen molar-refractivity contribution < 1.29 is 14.2 Å². The average molecular weight is 294 g/mol. The van der Waals surface area contributed by atoms with Gasteiger partial charge < -0.3 is 14.7 Å². The summed E-state index contributed by atoms with van der Waals surface area (Å²) in [6, 6.07) is 1.71. The Morgan fingerprint density at radius 1 is 1.43 bits per heavy atom. The molecule has 2 aliphatic heterocycles. The van der Waals surface area contributed by atoms with E-state index in [1.807, 2.05) is 4.90 Å². The third-order valence-corrected chi connectivity index (χ3v) is 5.15. The molecular formula is C16H23FN2O2. The molecule has 1 aromatic rings. The van der Waals surface area contributed by atoms with Crippen LogP contribution in [-0.2, 0) is 4.74 Å². The predicted molar refractivity (Wildman–Crippen MR) is 78.7 cm³/mol. The van der Waals surface area contributed by atoms with Crippen LogP contribution in [-0.4, -0.2) is 42.0 Å². The smallest absolute Gasteiger partial charge is 0.164 e. The van der Waals surface area contributed by atoms with E-state index in [1.54, 1.807) is 12.3 Å². The predicted octanol–water partition coefficient (Wildman–Crippen LogP) is 2.22. The van der Waals surface area contributed by atoms with Gasteiger partial charge in [0.1, 0.15) is 0 Å². The number of hydrogen-bond acceptors (Lipinski definition) is 4. The second kappa shape index (κ2) is 5.89. The van der Waals surface area contributed by atoms with Crippen molar-refractivity contribution in [2.75, 3.05) is 31.2 Å². The molecule has 0 bridgehead atoms. The van der Waals surface area contributed by atoms with Crippen LogP contribution in [0.5, 0.6) is 0 Å². The highest BCUT2D eigenvalue weighted by Crippen LogP contribution is 2.40. The first-order valence-electron chi connectivity index (χ1n) is 7.76. The molecule has 3 rings (SSSR count). The van der Waals surface area contributed by atoms with Crippen molar-refractivity contribution >= 4 is 5.69 Å². The van der Waals surface area contributed by atoms with E-state index >= 15 is 0 Å². The molecule has 1 N–H and O–H groups in total.